The number of ether oxygens (including phenoxy) is 2. The van der Waals surface area contributed by atoms with Crippen LogP contribution in [0.5, 0.6) is 5.88 Å². The van der Waals surface area contributed by atoms with Crippen molar-refractivity contribution in [1.29, 1.82) is 0 Å². The fourth-order valence-corrected chi connectivity index (χ4v) is 3.62. The van der Waals surface area contributed by atoms with Gasteiger partial charge in [-0.15, -0.1) is 0 Å². The number of aromatic nitrogens is 2. The zero-order valence-electron chi connectivity index (χ0n) is 22.3. The summed E-state index contributed by atoms with van der Waals surface area (Å²) in [6, 6.07) is 9.17. The molecule has 2 aliphatic rings. The highest BCUT2D eigenvalue weighted by molar-refractivity contribution is 5.73. The smallest absolute Gasteiger partial charge is 0.475 e. The molecule has 0 spiro atoms. The fourth-order valence-electron chi connectivity index (χ4n) is 3.62. The molecule has 0 radical (unpaired) electrons. The number of fused-ring (bicyclic) bond motifs is 1. The summed E-state index contributed by atoms with van der Waals surface area (Å²) < 4.78 is 121. The highest BCUT2D eigenvalue weighted by Crippen LogP contribution is 2.33. The van der Waals surface area contributed by atoms with Crippen molar-refractivity contribution in [2.24, 2.45) is 0 Å². The van der Waals surface area contributed by atoms with Gasteiger partial charge in [0.2, 0.25) is 0 Å². The minimum absolute atomic E-state index is 0.0520. The number of alkyl halides is 9. The second-order valence-electron chi connectivity index (χ2n) is 8.63. The van der Waals surface area contributed by atoms with Gasteiger partial charge in [0, 0.05) is 31.5 Å². The molecule has 0 unspecified atom stereocenters. The zero-order chi connectivity index (χ0) is 34.6. The lowest BCUT2D eigenvalue weighted by molar-refractivity contribution is -0.193. The molecule has 11 nitrogen and oxygen atoms in total. The van der Waals surface area contributed by atoms with Gasteiger partial charge in [0.25, 0.3) is 5.88 Å². The number of carbonyl (C=O) groups is 3. The number of hydrogen-bond donors (Lipinski definition) is 3. The second-order valence-corrected chi connectivity index (χ2v) is 8.63. The predicted octanol–water partition coefficient (Wildman–Crippen LogP) is 4.33. The molecule has 1 saturated carbocycles. The topological polar surface area (TPSA) is 159 Å². The van der Waals surface area contributed by atoms with Crippen molar-refractivity contribution < 1.29 is 83.1 Å². The first-order valence-corrected chi connectivity index (χ1v) is 12.1. The number of aliphatic carboxylic acids is 3. The highest BCUT2D eigenvalue weighted by atomic mass is 19.4. The highest BCUT2D eigenvalue weighted by Gasteiger charge is 2.44. The Labute approximate surface area is 246 Å². The molecule has 4 rings (SSSR count). The molecule has 2 fully saturated rings. The number of nitrogens with zero attached hydrogens (tertiary/aromatic N) is 3. The molecule has 2 aromatic rings. The van der Waals surface area contributed by atoms with Crippen LogP contribution in [0.25, 0.3) is 0 Å². The summed E-state index contributed by atoms with van der Waals surface area (Å²) in [5.74, 6) is -8.64. The lowest BCUT2D eigenvalue weighted by Crippen LogP contribution is -2.51. The first-order valence-electron chi connectivity index (χ1n) is 12.1. The molecule has 0 bridgehead atoms. The van der Waals surface area contributed by atoms with Gasteiger partial charge >= 0.3 is 36.4 Å². The van der Waals surface area contributed by atoms with E-state index in [0.29, 0.717) is 6.61 Å². The van der Waals surface area contributed by atoms with Gasteiger partial charge in [-0.3, -0.25) is 9.88 Å². The first kappa shape index (κ1) is 38.8. The summed E-state index contributed by atoms with van der Waals surface area (Å²) in [6.45, 7) is 2.33. The van der Waals surface area contributed by atoms with E-state index in [4.69, 9.17) is 39.2 Å². The molecule has 3 atom stereocenters. The van der Waals surface area contributed by atoms with Crippen molar-refractivity contribution >= 4 is 17.9 Å². The van der Waals surface area contributed by atoms with Gasteiger partial charge in [0.15, 0.2) is 5.82 Å². The third kappa shape index (κ3) is 13.9. The maximum absolute atomic E-state index is 13.8. The van der Waals surface area contributed by atoms with Crippen LogP contribution in [0, 0.1) is 5.82 Å². The van der Waals surface area contributed by atoms with Crippen LogP contribution in [0.15, 0.2) is 42.7 Å². The number of carboxylic acids is 3. The van der Waals surface area contributed by atoms with E-state index in [1.54, 1.807) is 12.3 Å². The Hall–Kier alpha value is -4.27. The maximum atomic E-state index is 13.8. The van der Waals surface area contributed by atoms with Crippen LogP contribution in [0.3, 0.4) is 0 Å². The summed E-state index contributed by atoms with van der Waals surface area (Å²) in [5, 5.41) is 21.4. The van der Waals surface area contributed by atoms with Crippen LogP contribution in [0.1, 0.15) is 18.5 Å². The Bertz CT molecular complexity index is 1190. The van der Waals surface area contributed by atoms with E-state index < -0.39 is 42.3 Å². The van der Waals surface area contributed by atoms with E-state index in [-0.39, 0.29) is 24.1 Å². The van der Waals surface area contributed by atoms with E-state index >= 15 is 0 Å². The Morgan fingerprint density at radius 1 is 0.822 bits per heavy atom. The minimum Gasteiger partial charge on any atom is -0.475 e. The Kier molecular flexibility index (Phi) is 14.4. The molecule has 1 aliphatic heterocycles. The average Bonchev–Trinajstić information content (AvgIpc) is 3.34. The maximum Gasteiger partial charge on any atom is 0.490 e. The summed E-state index contributed by atoms with van der Waals surface area (Å²) in [5.41, 5.74) is 1.05. The van der Waals surface area contributed by atoms with Crippen molar-refractivity contribution in [3.63, 3.8) is 0 Å². The van der Waals surface area contributed by atoms with Gasteiger partial charge < -0.3 is 24.8 Å². The Morgan fingerprint density at radius 3 is 1.78 bits per heavy atom. The van der Waals surface area contributed by atoms with E-state index in [0.717, 1.165) is 31.6 Å². The predicted molar refractivity (Wildman–Crippen MR) is 127 cm³/mol. The quantitative estimate of drug-likeness (QED) is 0.398. The van der Waals surface area contributed by atoms with Gasteiger partial charge in [-0.2, -0.15) is 39.5 Å². The van der Waals surface area contributed by atoms with Crippen LogP contribution >= 0.6 is 0 Å². The van der Waals surface area contributed by atoms with E-state index in [1.807, 2.05) is 24.4 Å². The lowest BCUT2D eigenvalue weighted by Gasteiger charge is -2.38. The molecule has 2 aromatic heterocycles. The van der Waals surface area contributed by atoms with Crippen LogP contribution in [0.2, 0.25) is 0 Å². The molecule has 252 valence electrons. The molecule has 3 N–H and O–H groups in total. The van der Waals surface area contributed by atoms with Gasteiger partial charge in [0.1, 0.15) is 12.2 Å². The molecule has 0 amide bonds. The Balaban J connectivity index is 0.000000396. The van der Waals surface area contributed by atoms with E-state index in [9.17, 15) is 43.9 Å². The average molecular weight is 671 g/mol. The van der Waals surface area contributed by atoms with E-state index in [2.05, 4.69) is 14.9 Å². The van der Waals surface area contributed by atoms with Gasteiger partial charge in [-0.25, -0.2) is 23.8 Å². The summed E-state index contributed by atoms with van der Waals surface area (Å²) >= 11 is 0. The third-order valence-corrected chi connectivity index (χ3v) is 5.46. The number of pyridine rings is 2. The number of morpholine rings is 1. The van der Waals surface area contributed by atoms with Crippen molar-refractivity contribution in [2.75, 3.05) is 13.2 Å². The van der Waals surface area contributed by atoms with E-state index in [1.165, 1.54) is 6.07 Å². The summed E-state index contributed by atoms with van der Waals surface area (Å²) in [6.07, 6.45) is -10.3. The van der Waals surface area contributed by atoms with Crippen molar-refractivity contribution in [2.45, 2.75) is 56.2 Å². The minimum atomic E-state index is -5.08. The van der Waals surface area contributed by atoms with Gasteiger partial charge in [-0.05, 0) is 37.1 Å². The molecule has 1 aliphatic carbocycles. The molecule has 3 heterocycles. The zero-order valence-corrected chi connectivity index (χ0v) is 22.3. The van der Waals surface area contributed by atoms with Crippen molar-refractivity contribution in [3.8, 4) is 5.88 Å². The lowest BCUT2D eigenvalue weighted by atomic mass is 10.1. The first-order chi connectivity index (χ1) is 20.6. The fraction of sp³-hybridized carbons (Fsp3) is 0.458. The van der Waals surface area contributed by atoms with Gasteiger partial charge in [-0.1, -0.05) is 6.07 Å². The second kappa shape index (κ2) is 16.7. The Morgan fingerprint density at radius 2 is 1.33 bits per heavy atom. The molecular formula is C24H23F10N3O8. The normalized spacial score (nSPS) is 19.6. The van der Waals surface area contributed by atoms with Crippen LogP contribution in [0.4, 0.5) is 43.9 Å². The SMILES string of the molecule is Fc1cccnc1O[C@@H]1CC[C@H]2[C@H]1OCCN2Cc1ccccn1.O=C(O)C(F)(F)F.O=C(O)C(F)(F)F.O=C(O)C(F)(F)F. The van der Waals surface area contributed by atoms with Crippen LogP contribution in [-0.4, -0.2) is 98.0 Å². The monoisotopic (exact) mass is 671 g/mol. The van der Waals surface area contributed by atoms with Crippen molar-refractivity contribution in [1.82, 2.24) is 14.9 Å². The molecule has 21 heteroatoms. The van der Waals surface area contributed by atoms with Gasteiger partial charge in [0.05, 0.1) is 12.3 Å². The number of carboxylic acid groups (broad SMARTS) is 3. The molecular weight excluding hydrogens is 648 g/mol. The number of rotatable bonds is 4. The summed E-state index contributed by atoms with van der Waals surface area (Å²) in [7, 11) is 0. The van der Waals surface area contributed by atoms with Crippen molar-refractivity contribution in [3.05, 3.63) is 54.2 Å². The standard InChI is InChI=1S/C18H20FN3O2.3C2HF3O2/c19-14-5-3-9-21-18(14)24-16-7-6-15-17(16)23-11-10-22(15)12-13-4-1-2-8-20-13;3*3-2(4,5)1(6)7/h1-5,8-9,15-17H,6-7,10-12H2;3*(H,6,7)/t15-,16+,17+;;;/m0.../s1. The largest absolute Gasteiger partial charge is 0.490 e. The molecule has 1 saturated heterocycles. The van der Waals surface area contributed by atoms with Crippen LogP contribution in [-0.2, 0) is 25.7 Å². The molecule has 45 heavy (non-hydrogen) atoms. The van der Waals surface area contributed by atoms with Crippen LogP contribution < -0.4 is 4.74 Å². The molecule has 0 aromatic carbocycles. The number of halogens is 10. The third-order valence-electron chi connectivity index (χ3n) is 5.46. The summed E-state index contributed by atoms with van der Waals surface area (Å²) in [4.78, 5) is 37.5. The number of hydrogen-bond acceptors (Lipinski definition) is 8.